The molecule has 0 amide bonds. The van der Waals surface area contributed by atoms with Crippen molar-refractivity contribution in [2.75, 3.05) is 26.4 Å². The van der Waals surface area contributed by atoms with Gasteiger partial charge in [-0.1, -0.05) is 22.6 Å². The van der Waals surface area contributed by atoms with Gasteiger partial charge in [-0.3, -0.25) is 4.90 Å². The second-order valence-corrected chi connectivity index (χ2v) is 6.24. The molecular formula is C9H16INO. The number of hydrogen-bond acceptors (Lipinski definition) is 2. The van der Waals surface area contributed by atoms with Crippen LogP contribution in [0.25, 0.3) is 0 Å². The largest absolute Gasteiger partial charge is 0.365 e. The highest BCUT2D eigenvalue weighted by molar-refractivity contribution is 14.1. The fraction of sp³-hybridized carbons (Fsp3) is 1.00. The van der Waals surface area contributed by atoms with E-state index in [1.54, 1.807) is 0 Å². The van der Waals surface area contributed by atoms with E-state index < -0.39 is 0 Å². The van der Waals surface area contributed by atoms with Crippen LogP contribution in [-0.2, 0) is 4.74 Å². The van der Waals surface area contributed by atoms with Crippen molar-refractivity contribution in [1.82, 2.24) is 4.90 Å². The molecule has 0 radical (unpaired) electrons. The van der Waals surface area contributed by atoms with Crippen molar-refractivity contribution in [3.05, 3.63) is 0 Å². The summed E-state index contributed by atoms with van der Waals surface area (Å²) < 4.78 is 6.19. The maximum atomic E-state index is 5.66. The molecule has 1 saturated carbocycles. The minimum atomic E-state index is 0.525. The summed E-state index contributed by atoms with van der Waals surface area (Å²) in [5.41, 5.74) is 0. The number of rotatable bonds is 4. The fourth-order valence-corrected chi connectivity index (χ4v) is 2.04. The molecule has 2 fully saturated rings. The van der Waals surface area contributed by atoms with Crippen molar-refractivity contribution in [3.63, 3.8) is 0 Å². The van der Waals surface area contributed by atoms with E-state index in [4.69, 9.17) is 4.74 Å². The normalized spacial score (nSPS) is 27.8. The van der Waals surface area contributed by atoms with Crippen LogP contribution in [0.15, 0.2) is 0 Å². The highest BCUT2D eigenvalue weighted by Crippen LogP contribution is 2.45. The molecule has 2 aliphatic rings. The van der Waals surface area contributed by atoms with E-state index in [1.807, 2.05) is 0 Å². The molecule has 1 aliphatic carbocycles. The first-order chi connectivity index (χ1) is 5.79. The zero-order chi connectivity index (χ0) is 8.44. The number of hydrogen-bond donors (Lipinski definition) is 0. The Labute approximate surface area is 87.8 Å². The van der Waals surface area contributed by atoms with Crippen molar-refractivity contribution in [1.29, 1.82) is 0 Å². The average Bonchev–Trinajstić information content (AvgIpc) is 2.61. The molecule has 0 spiro atoms. The van der Waals surface area contributed by atoms with Gasteiger partial charge >= 0.3 is 0 Å². The van der Waals surface area contributed by atoms with Gasteiger partial charge in [0.15, 0.2) is 0 Å². The molecule has 0 atom stereocenters. The van der Waals surface area contributed by atoms with Crippen molar-refractivity contribution in [2.45, 2.75) is 29.1 Å². The highest BCUT2D eigenvalue weighted by Gasteiger charge is 2.39. The summed E-state index contributed by atoms with van der Waals surface area (Å²) in [6.45, 7) is 4.32. The molecule has 0 unspecified atom stereocenters. The van der Waals surface area contributed by atoms with Gasteiger partial charge in [-0.05, 0) is 25.7 Å². The van der Waals surface area contributed by atoms with Gasteiger partial charge in [0.05, 0.1) is 13.3 Å². The van der Waals surface area contributed by atoms with E-state index in [0.717, 1.165) is 13.3 Å². The third-order valence-electron chi connectivity index (χ3n) is 2.63. The van der Waals surface area contributed by atoms with Crippen LogP contribution in [0, 0.1) is 0 Å². The van der Waals surface area contributed by atoms with Crippen LogP contribution in [0.1, 0.15) is 25.7 Å². The Morgan fingerprint density at radius 2 is 1.92 bits per heavy atom. The van der Waals surface area contributed by atoms with Crippen LogP contribution in [0.2, 0.25) is 0 Å². The lowest BCUT2D eigenvalue weighted by Gasteiger charge is -2.15. The standard InChI is InChI=1S/C9H16INO/c10-9(3-4-9)7-12-8-11-5-1-2-6-11/h1-8H2. The minimum Gasteiger partial charge on any atom is -0.365 e. The summed E-state index contributed by atoms with van der Waals surface area (Å²) in [7, 11) is 0. The molecule has 0 aromatic rings. The maximum absolute atomic E-state index is 5.66. The number of halogens is 1. The van der Waals surface area contributed by atoms with Gasteiger partial charge in [0.1, 0.15) is 0 Å². The summed E-state index contributed by atoms with van der Waals surface area (Å²) in [4.78, 5) is 2.41. The van der Waals surface area contributed by atoms with Gasteiger partial charge < -0.3 is 4.74 Å². The van der Waals surface area contributed by atoms with Crippen molar-refractivity contribution >= 4 is 22.6 Å². The van der Waals surface area contributed by atoms with Crippen molar-refractivity contribution in [3.8, 4) is 0 Å². The molecule has 2 rings (SSSR count). The zero-order valence-electron chi connectivity index (χ0n) is 7.39. The molecule has 0 bridgehead atoms. The van der Waals surface area contributed by atoms with Gasteiger partial charge in [0, 0.05) is 16.5 Å². The Hall–Kier alpha value is 0.650. The molecule has 12 heavy (non-hydrogen) atoms. The first kappa shape index (κ1) is 9.21. The molecule has 70 valence electrons. The van der Waals surface area contributed by atoms with Gasteiger partial charge in [-0.15, -0.1) is 0 Å². The Kier molecular flexibility index (Phi) is 2.92. The number of alkyl halides is 1. The molecule has 0 aromatic heterocycles. The molecule has 1 saturated heterocycles. The molecule has 2 nitrogen and oxygen atoms in total. The van der Waals surface area contributed by atoms with Crippen LogP contribution in [0.3, 0.4) is 0 Å². The lowest BCUT2D eigenvalue weighted by molar-refractivity contribution is 0.0418. The van der Waals surface area contributed by atoms with E-state index in [-0.39, 0.29) is 0 Å². The van der Waals surface area contributed by atoms with Gasteiger partial charge in [-0.25, -0.2) is 0 Å². The third-order valence-corrected chi connectivity index (χ3v) is 4.02. The first-order valence-corrected chi connectivity index (χ1v) is 5.85. The predicted molar refractivity (Wildman–Crippen MR) is 57.6 cm³/mol. The monoisotopic (exact) mass is 281 g/mol. The van der Waals surface area contributed by atoms with Crippen LogP contribution in [0.5, 0.6) is 0 Å². The SMILES string of the molecule is IC1(COCN2CCCC2)CC1. The lowest BCUT2D eigenvalue weighted by Crippen LogP contribution is -2.24. The fourth-order valence-electron chi connectivity index (χ4n) is 1.55. The molecule has 1 aliphatic heterocycles. The van der Waals surface area contributed by atoms with Crippen LogP contribution in [-0.4, -0.2) is 34.7 Å². The molecular weight excluding hydrogens is 265 g/mol. The Morgan fingerprint density at radius 3 is 2.50 bits per heavy atom. The quantitative estimate of drug-likeness (QED) is 0.577. The molecule has 0 N–H and O–H groups in total. The highest BCUT2D eigenvalue weighted by atomic mass is 127. The Balaban J connectivity index is 1.56. The van der Waals surface area contributed by atoms with Gasteiger partial charge in [0.25, 0.3) is 0 Å². The zero-order valence-corrected chi connectivity index (χ0v) is 9.55. The third kappa shape index (κ3) is 2.57. The van der Waals surface area contributed by atoms with Crippen LogP contribution >= 0.6 is 22.6 Å². The van der Waals surface area contributed by atoms with Crippen LogP contribution < -0.4 is 0 Å². The summed E-state index contributed by atoms with van der Waals surface area (Å²) in [5, 5.41) is 0. The average molecular weight is 281 g/mol. The topological polar surface area (TPSA) is 12.5 Å². The summed E-state index contributed by atoms with van der Waals surface area (Å²) >= 11 is 2.53. The number of nitrogens with zero attached hydrogens (tertiary/aromatic N) is 1. The molecule has 0 aromatic carbocycles. The summed E-state index contributed by atoms with van der Waals surface area (Å²) in [6.07, 6.45) is 5.43. The second kappa shape index (κ2) is 3.80. The van der Waals surface area contributed by atoms with E-state index in [9.17, 15) is 0 Å². The van der Waals surface area contributed by atoms with E-state index in [2.05, 4.69) is 27.5 Å². The smallest absolute Gasteiger partial charge is 0.0990 e. The van der Waals surface area contributed by atoms with Crippen molar-refractivity contribution < 1.29 is 4.74 Å². The van der Waals surface area contributed by atoms with E-state index >= 15 is 0 Å². The summed E-state index contributed by atoms with van der Waals surface area (Å²) in [5.74, 6) is 0. The van der Waals surface area contributed by atoms with E-state index in [1.165, 1.54) is 38.8 Å². The van der Waals surface area contributed by atoms with Gasteiger partial charge in [0.2, 0.25) is 0 Å². The first-order valence-electron chi connectivity index (χ1n) is 4.78. The number of likely N-dealkylation sites (tertiary alicyclic amines) is 1. The molecule has 1 heterocycles. The van der Waals surface area contributed by atoms with Gasteiger partial charge in [-0.2, -0.15) is 0 Å². The van der Waals surface area contributed by atoms with E-state index in [0.29, 0.717) is 3.42 Å². The Bertz CT molecular complexity index is 153. The summed E-state index contributed by atoms with van der Waals surface area (Å²) in [6, 6.07) is 0. The number of ether oxygens (including phenoxy) is 1. The maximum Gasteiger partial charge on any atom is 0.0990 e. The Morgan fingerprint density at radius 1 is 1.25 bits per heavy atom. The predicted octanol–water partition coefficient (Wildman–Crippen LogP) is 2.02. The minimum absolute atomic E-state index is 0.525. The second-order valence-electron chi connectivity index (χ2n) is 3.95. The lowest BCUT2D eigenvalue weighted by atomic mass is 10.4. The van der Waals surface area contributed by atoms with Crippen LogP contribution in [0.4, 0.5) is 0 Å². The van der Waals surface area contributed by atoms with Crippen molar-refractivity contribution in [2.24, 2.45) is 0 Å². The molecule has 3 heteroatoms.